The molecule has 1 spiro atoms. The van der Waals surface area contributed by atoms with E-state index in [0.29, 0.717) is 6.54 Å². The Balaban J connectivity index is 2.01. The van der Waals surface area contributed by atoms with Crippen LogP contribution in [0.25, 0.3) is 0 Å². The zero-order valence-electron chi connectivity index (χ0n) is 9.79. The van der Waals surface area contributed by atoms with Gasteiger partial charge in [0.15, 0.2) is 0 Å². The average Bonchev–Trinajstić information content (AvgIpc) is 2.86. The minimum absolute atomic E-state index is 0.0768. The minimum Gasteiger partial charge on any atom is -0.481 e. The predicted octanol–water partition coefficient (Wildman–Crippen LogP) is 0.261. The Morgan fingerprint density at radius 3 is 2.94 bits per heavy atom. The Kier molecular flexibility index (Phi) is 1.96. The number of hydrogen-bond donors (Lipinski definition) is 1. The van der Waals surface area contributed by atoms with Crippen molar-refractivity contribution in [2.75, 3.05) is 6.54 Å². The van der Waals surface area contributed by atoms with Crippen LogP contribution in [0.15, 0.2) is 12.2 Å². The molecule has 0 aromatic heterocycles. The number of likely N-dealkylation sites (tertiary alicyclic amines) is 1. The molecule has 2 bridgehead atoms. The van der Waals surface area contributed by atoms with Crippen molar-refractivity contribution in [1.29, 1.82) is 0 Å². The van der Waals surface area contributed by atoms with Gasteiger partial charge in [-0.05, 0) is 13.8 Å². The standard InChI is InChI=1S/C12H15NO4/c1-6(2)13-5-12-4-3-7(17-12)8(11(15)16)9(12)10(13)14/h3-4,6-9H,5H2,1-2H3,(H,15,16)/t7-,8?,9?,12-/m1/s1. The van der Waals surface area contributed by atoms with Crippen LogP contribution in [0.1, 0.15) is 13.8 Å². The van der Waals surface area contributed by atoms with Crippen molar-refractivity contribution in [3.05, 3.63) is 12.2 Å². The number of aliphatic carboxylic acids is 1. The van der Waals surface area contributed by atoms with Gasteiger partial charge >= 0.3 is 5.97 Å². The molecule has 3 aliphatic heterocycles. The van der Waals surface area contributed by atoms with Gasteiger partial charge < -0.3 is 14.7 Å². The summed E-state index contributed by atoms with van der Waals surface area (Å²) in [7, 11) is 0. The maximum absolute atomic E-state index is 12.3. The van der Waals surface area contributed by atoms with Crippen LogP contribution >= 0.6 is 0 Å². The summed E-state index contributed by atoms with van der Waals surface area (Å²) in [6.07, 6.45) is 3.23. The third-order valence-corrected chi connectivity index (χ3v) is 4.04. The number of carboxylic acid groups (broad SMARTS) is 1. The fourth-order valence-electron chi connectivity index (χ4n) is 3.25. The maximum atomic E-state index is 12.3. The van der Waals surface area contributed by atoms with E-state index in [2.05, 4.69) is 0 Å². The van der Waals surface area contributed by atoms with Gasteiger partial charge in [-0.3, -0.25) is 9.59 Å². The molecule has 0 aromatic carbocycles. The van der Waals surface area contributed by atoms with Crippen LogP contribution in [0.3, 0.4) is 0 Å². The Morgan fingerprint density at radius 1 is 1.65 bits per heavy atom. The molecule has 0 aliphatic carbocycles. The van der Waals surface area contributed by atoms with Crippen molar-refractivity contribution >= 4 is 11.9 Å². The molecule has 2 saturated heterocycles. The first-order chi connectivity index (χ1) is 7.96. The lowest BCUT2D eigenvalue weighted by Crippen LogP contribution is -2.39. The molecule has 4 atom stereocenters. The summed E-state index contributed by atoms with van der Waals surface area (Å²) in [4.78, 5) is 25.3. The second kappa shape index (κ2) is 3.10. The molecule has 1 amide bonds. The average molecular weight is 237 g/mol. The number of ether oxygens (including phenoxy) is 1. The Hall–Kier alpha value is -1.36. The lowest BCUT2D eigenvalue weighted by atomic mass is 9.77. The smallest absolute Gasteiger partial charge is 0.310 e. The highest BCUT2D eigenvalue weighted by Gasteiger charge is 2.67. The van der Waals surface area contributed by atoms with E-state index in [1.807, 2.05) is 19.9 Å². The van der Waals surface area contributed by atoms with Crippen LogP contribution in [0.5, 0.6) is 0 Å². The van der Waals surface area contributed by atoms with E-state index in [4.69, 9.17) is 4.74 Å². The highest BCUT2D eigenvalue weighted by Crippen LogP contribution is 2.52. The predicted molar refractivity (Wildman–Crippen MR) is 58.2 cm³/mol. The van der Waals surface area contributed by atoms with Gasteiger partial charge in [0.1, 0.15) is 11.5 Å². The van der Waals surface area contributed by atoms with Crippen molar-refractivity contribution in [3.8, 4) is 0 Å². The van der Waals surface area contributed by atoms with Gasteiger partial charge in [0.2, 0.25) is 5.91 Å². The molecule has 5 nitrogen and oxygen atoms in total. The zero-order chi connectivity index (χ0) is 12.4. The van der Waals surface area contributed by atoms with Crippen LogP contribution in [0, 0.1) is 11.8 Å². The van der Waals surface area contributed by atoms with Crippen LogP contribution in [-0.2, 0) is 14.3 Å². The van der Waals surface area contributed by atoms with E-state index in [0.717, 1.165) is 0 Å². The van der Waals surface area contributed by atoms with Gasteiger partial charge in [-0.15, -0.1) is 0 Å². The van der Waals surface area contributed by atoms with Gasteiger partial charge in [-0.25, -0.2) is 0 Å². The van der Waals surface area contributed by atoms with Crippen molar-refractivity contribution in [2.24, 2.45) is 11.8 Å². The van der Waals surface area contributed by atoms with Gasteiger partial charge in [-0.1, -0.05) is 12.2 Å². The summed E-state index contributed by atoms with van der Waals surface area (Å²) in [6, 6.07) is 0.0768. The molecule has 2 unspecified atom stereocenters. The highest BCUT2D eigenvalue weighted by molar-refractivity contribution is 5.90. The number of rotatable bonds is 2. The monoisotopic (exact) mass is 237 g/mol. The first-order valence-corrected chi connectivity index (χ1v) is 5.87. The van der Waals surface area contributed by atoms with Gasteiger partial charge in [0.05, 0.1) is 18.6 Å². The van der Waals surface area contributed by atoms with Crippen LogP contribution in [0.2, 0.25) is 0 Å². The first kappa shape index (κ1) is 10.8. The molecule has 17 heavy (non-hydrogen) atoms. The summed E-state index contributed by atoms with van der Waals surface area (Å²) in [5, 5.41) is 9.24. The van der Waals surface area contributed by atoms with Gasteiger partial charge in [0, 0.05) is 6.04 Å². The molecule has 92 valence electrons. The van der Waals surface area contributed by atoms with Crippen LogP contribution in [-0.4, -0.2) is 46.2 Å². The van der Waals surface area contributed by atoms with E-state index >= 15 is 0 Å². The number of hydrogen-bond acceptors (Lipinski definition) is 3. The van der Waals surface area contributed by atoms with E-state index in [1.165, 1.54) is 0 Å². The molecule has 0 aromatic rings. The Morgan fingerprint density at radius 2 is 2.35 bits per heavy atom. The van der Waals surface area contributed by atoms with Crippen molar-refractivity contribution in [3.63, 3.8) is 0 Å². The van der Waals surface area contributed by atoms with Crippen molar-refractivity contribution < 1.29 is 19.4 Å². The molecule has 5 heteroatoms. The Labute approximate surface area is 99.0 Å². The number of fused-ring (bicyclic) bond motifs is 1. The van der Waals surface area contributed by atoms with E-state index < -0.39 is 29.5 Å². The molecule has 0 saturated carbocycles. The van der Waals surface area contributed by atoms with Gasteiger partial charge in [-0.2, -0.15) is 0 Å². The molecular formula is C12H15NO4. The summed E-state index contributed by atoms with van der Waals surface area (Å²) in [5.41, 5.74) is -0.685. The zero-order valence-corrected chi connectivity index (χ0v) is 9.79. The third kappa shape index (κ3) is 1.17. The molecule has 3 aliphatic rings. The van der Waals surface area contributed by atoms with Gasteiger partial charge in [0.25, 0.3) is 0 Å². The number of carbonyl (C=O) groups excluding carboxylic acids is 1. The normalized spacial score (nSPS) is 42.6. The van der Waals surface area contributed by atoms with E-state index in [1.54, 1.807) is 11.0 Å². The summed E-state index contributed by atoms with van der Waals surface area (Å²) < 4.78 is 5.75. The van der Waals surface area contributed by atoms with Crippen LogP contribution < -0.4 is 0 Å². The fourth-order valence-corrected chi connectivity index (χ4v) is 3.25. The molecule has 1 N–H and O–H groups in total. The second-order valence-electron chi connectivity index (χ2n) is 5.30. The quantitative estimate of drug-likeness (QED) is 0.700. The lowest BCUT2D eigenvalue weighted by molar-refractivity contribution is -0.148. The molecule has 3 rings (SSSR count). The lowest BCUT2D eigenvalue weighted by Gasteiger charge is -2.24. The number of carboxylic acids is 1. The SMILES string of the molecule is CC(C)N1C[C@@]23C=C[C@@H](O2)C(C(=O)O)C3C1=O. The molecule has 3 heterocycles. The molecule has 2 fully saturated rings. The summed E-state index contributed by atoms with van der Waals surface area (Å²) >= 11 is 0. The highest BCUT2D eigenvalue weighted by atomic mass is 16.5. The third-order valence-electron chi connectivity index (χ3n) is 4.04. The van der Waals surface area contributed by atoms with Crippen molar-refractivity contribution in [2.45, 2.75) is 31.6 Å². The van der Waals surface area contributed by atoms with E-state index in [-0.39, 0.29) is 11.9 Å². The summed E-state index contributed by atoms with van der Waals surface area (Å²) in [5.74, 6) is -2.29. The molecule has 0 radical (unpaired) electrons. The summed E-state index contributed by atoms with van der Waals surface area (Å²) in [6.45, 7) is 4.34. The maximum Gasteiger partial charge on any atom is 0.310 e. The Bertz CT molecular complexity index is 430. The largest absolute Gasteiger partial charge is 0.481 e. The minimum atomic E-state index is -0.940. The molecular weight excluding hydrogens is 222 g/mol. The van der Waals surface area contributed by atoms with Crippen molar-refractivity contribution in [1.82, 2.24) is 4.90 Å². The first-order valence-electron chi connectivity index (χ1n) is 5.87. The second-order valence-corrected chi connectivity index (χ2v) is 5.30. The number of amides is 1. The number of carbonyl (C=O) groups is 2. The fraction of sp³-hybridized carbons (Fsp3) is 0.667. The topological polar surface area (TPSA) is 66.8 Å². The number of nitrogens with zero attached hydrogens (tertiary/aromatic N) is 1. The van der Waals surface area contributed by atoms with E-state index in [9.17, 15) is 14.7 Å². The van der Waals surface area contributed by atoms with Crippen LogP contribution in [0.4, 0.5) is 0 Å².